The maximum atomic E-state index is 8.10. The lowest BCUT2D eigenvalue weighted by Crippen LogP contribution is -1.81. The van der Waals surface area contributed by atoms with Crippen LogP contribution in [0.15, 0.2) is 14.4 Å². The van der Waals surface area contributed by atoms with Crippen molar-refractivity contribution in [2.75, 3.05) is 0 Å². The number of halogens is 2. The Hall–Kier alpha value is -0.360. The van der Waals surface area contributed by atoms with Gasteiger partial charge in [0.05, 0.1) is 0 Å². The van der Waals surface area contributed by atoms with E-state index in [2.05, 4.69) is 47.0 Å². The fourth-order valence-corrected chi connectivity index (χ4v) is 1.04. The van der Waals surface area contributed by atoms with Crippen LogP contribution in [0, 0.1) is 0 Å². The van der Waals surface area contributed by atoms with Gasteiger partial charge in [-0.2, -0.15) is 0 Å². The molecule has 1 aromatic rings. The molecule has 0 aliphatic carbocycles. The Kier molecular flexibility index (Phi) is 2.44. The molecule has 0 radical (unpaired) electrons. The summed E-state index contributed by atoms with van der Waals surface area (Å²) in [5.41, 5.74) is 0. The molecule has 0 unspecified atom stereocenters. The molecule has 0 bridgehead atoms. The van der Waals surface area contributed by atoms with Crippen molar-refractivity contribution in [1.29, 1.82) is 0 Å². The Morgan fingerprint density at radius 3 is 2.70 bits per heavy atom. The van der Waals surface area contributed by atoms with Gasteiger partial charge in [-0.1, -0.05) is 5.16 Å². The first kappa shape index (κ1) is 7.74. The molecule has 54 valence electrons. The van der Waals surface area contributed by atoms with E-state index in [4.69, 9.17) is 5.21 Å². The smallest absolute Gasteiger partial charge is 0.154 e. The van der Waals surface area contributed by atoms with Gasteiger partial charge in [-0.3, -0.25) is 0 Å². The highest BCUT2D eigenvalue weighted by Crippen LogP contribution is 2.18. The predicted molar refractivity (Wildman–Crippen MR) is 43.4 cm³/mol. The zero-order chi connectivity index (χ0) is 7.56. The Morgan fingerprint density at radius 1 is 1.60 bits per heavy atom. The maximum absolute atomic E-state index is 8.10. The number of aromatic amines is 1. The zero-order valence-corrected chi connectivity index (χ0v) is 7.85. The van der Waals surface area contributed by atoms with Crippen molar-refractivity contribution in [1.82, 2.24) is 9.97 Å². The monoisotopic (exact) mass is 267 g/mol. The molecule has 0 amide bonds. The van der Waals surface area contributed by atoms with Gasteiger partial charge in [0.25, 0.3) is 0 Å². The molecule has 0 aliphatic heterocycles. The highest BCUT2D eigenvalue weighted by Gasteiger charge is 2.01. The number of aromatic nitrogens is 2. The predicted octanol–water partition coefficient (Wildman–Crippen LogP) is 1.74. The van der Waals surface area contributed by atoms with Crippen LogP contribution >= 0.6 is 31.9 Å². The van der Waals surface area contributed by atoms with E-state index in [1.54, 1.807) is 0 Å². The Labute approximate surface area is 73.6 Å². The fourth-order valence-electron chi connectivity index (χ4n) is 0.463. The molecule has 0 atom stereocenters. The lowest BCUT2D eigenvalue weighted by molar-refractivity contribution is 0.321. The molecule has 0 saturated carbocycles. The van der Waals surface area contributed by atoms with Gasteiger partial charge in [-0.05, 0) is 31.9 Å². The third-order valence-electron chi connectivity index (χ3n) is 0.818. The highest BCUT2D eigenvalue weighted by molar-refractivity contribution is 9.13. The molecule has 2 N–H and O–H groups in total. The van der Waals surface area contributed by atoms with Crippen LogP contribution < -0.4 is 0 Å². The van der Waals surface area contributed by atoms with E-state index in [0.717, 1.165) is 4.60 Å². The van der Waals surface area contributed by atoms with Crippen molar-refractivity contribution >= 4 is 38.1 Å². The fraction of sp³-hybridized carbons (Fsp3) is 0. The number of hydrogen-bond donors (Lipinski definition) is 2. The molecule has 0 saturated heterocycles. The number of nitrogens with one attached hydrogen (secondary N) is 1. The average Bonchev–Trinajstić information content (AvgIpc) is 2.14. The summed E-state index contributed by atoms with van der Waals surface area (Å²) in [6, 6.07) is 0. The van der Waals surface area contributed by atoms with Gasteiger partial charge in [-0.25, -0.2) is 4.98 Å². The summed E-state index contributed by atoms with van der Waals surface area (Å²) >= 11 is 6.33. The summed E-state index contributed by atoms with van der Waals surface area (Å²) in [4.78, 5) is 6.70. The van der Waals surface area contributed by atoms with Crippen LogP contribution in [-0.2, 0) is 0 Å². The first-order valence-corrected chi connectivity index (χ1v) is 3.91. The standard InChI is InChI=1S/C4H3Br2N3O/c5-3-4(6)9-2(8-3)1-7-10/h1,10H,(H,8,9)/b7-1+. The van der Waals surface area contributed by atoms with Crippen LogP contribution in [0.1, 0.15) is 5.82 Å². The van der Waals surface area contributed by atoms with Gasteiger partial charge in [-0.15, -0.1) is 0 Å². The van der Waals surface area contributed by atoms with Gasteiger partial charge in [0.2, 0.25) is 0 Å². The molecule has 0 aliphatic rings. The second-order valence-corrected chi connectivity index (χ2v) is 3.02. The number of hydrogen-bond acceptors (Lipinski definition) is 3. The van der Waals surface area contributed by atoms with Gasteiger partial charge in [0, 0.05) is 0 Å². The van der Waals surface area contributed by atoms with Crippen LogP contribution in [0.4, 0.5) is 0 Å². The summed E-state index contributed by atoms with van der Waals surface area (Å²) in [6.45, 7) is 0. The molecule has 6 heteroatoms. The van der Waals surface area contributed by atoms with Crippen LogP contribution in [0.3, 0.4) is 0 Å². The Bertz CT molecular complexity index is 238. The number of rotatable bonds is 1. The topological polar surface area (TPSA) is 61.3 Å². The van der Waals surface area contributed by atoms with E-state index in [0.29, 0.717) is 10.4 Å². The van der Waals surface area contributed by atoms with E-state index >= 15 is 0 Å². The minimum Gasteiger partial charge on any atom is -0.411 e. The van der Waals surface area contributed by atoms with Crippen molar-refractivity contribution in [3.05, 3.63) is 15.0 Å². The maximum Gasteiger partial charge on any atom is 0.154 e. The molecular weight excluding hydrogens is 266 g/mol. The van der Waals surface area contributed by atoms with Crippen molar-refractivity contribution in [3.8, 4) is 0 Å². The summed E-state index contributed by atoms with van der Waals surface area (Å²) in [5, 5.41) is 10.9. The molecular formula is C4H3Br2N3O. The number of nitrogens with zero attached hydrogens (tertiary/aromatic N) is 2. The van der Waals surface area contributed by atoms with Crippen LogP contribution in [0.2, 0.25) is 0 Å². The number of H-pyrrole nitrogens is 1. The summed E-state index contributed by atoms with van der Waals surface area (Å²) in [5.74, 6) is 0.487. The lowest BCUT2D eigenvalue weighted by atomic mass is 10.7. The van der Waals surface area contributed by atoms with E-state index in [-0.39, 0.29) is 0 Å². The lowest BCUT2D eigenvalue weighted by Gasteiger charge is -1.76. The van der Waals surface area contributed by atoms with Crippen molar-refractivity contribution in [3.63, 3.8) is 0 Å². The molecule has 1 rings (SSSR count). The minimum atomic E-state index is 0.487. The molecule has 4 nitrogen and oxygen atoms in total. The van der Waals surface area contributed by atoms with E-state index < -0.39 is 0 Å². The Morgan fingerprint density at radius 2 is 2.30 bits per heavy atom. The third-order valence-corrected chi connectivity index (χ3v) is 2.50. The van der Waals surface area contributed by atoms with Crippen LogP contribution in [0.5, 0.6) is 0 Å². The first-order chi connectivity index (χ1) is 4.74. The summed E-state index contributed by atoms with van der Waals surface area (Å²) < 4.78 is 1.38. The van der Waals surface area contributed by atoms with Gasteiger partial charge in [0.15, 0.2) is 5.82 Å². The molecule has 0 spiro atoms. The first-order valence-electron chi connectivity index (χ1n) is 2.32. The Balaban J connectivity index is 2.98. The van der Waals surface area contributed by atoms with Crippen molar-refractivity contribution in [2.45, 2.75) is 0 Å². The summed E-state index contributed by atoms with van der Waals surface area (Å²) in [7, 11) is 0. The normalized spacial score (nSPS) is 11.0. The molecule has 1 heterocycles. The highest BCUT2D eigenvalue weighted by atomic mass is 79.9. The molecule has 1 aromatic heterocycles. The molecule has 10 heavy (non-hydrogen) atoms. The van der Waals surface area contributed by atoms with Crippen molar-refractivity contribution in [2.24, 2.45) is 5.16 Å². The largest absolute Gasteiger partial charge is 0.411 e. The number of oxime groups is 1. The molecule has 0 fully saturated rings. The van der Waals surface area contributed by atoms with E-state index in [1.165, 1.54) is 6.21 Å². The quantitative estimate of drug-likeness (QED) is 0.463. The average molecular weight is 269 g/mol. The van der Waals surface area contributed by atoms with Gasteiger partial charge >= 0.3 is 0 Å². The second-order valence-electron chi connectivity index (χ2n) is 1.47. The SMILES string of the molecule is O/N=C/c1nc(Br)c(Br)[nH]1. The number of imidazole rings is 1. The minimum absolute atomic E-state index is 0.487. The molecule has 0 aromatic carbocycles. The zero-order valence-electron chi connectivity index (χ0n) is 4.67. The van der Waals surface area contributed by atoms with Crippen LogP contribution in [-0.4, -0.2) is 21.4 Å². The third kappa shape index (κ3) is 1.57. The van der Waals surface area contributed by atoms with E-state index in [9.17, 15) is 0 Å². The van der Waals surface area contributed by atoms with E-state index in [1.807, 2.05) is 0 Å². The van der Waals surface area contributed by atoms with Crippen molar-refractivity contribution < 1.29 is 5.21 Å². The van der Waals surface area contributed by atoms with Gasteiger partial charge < -0.3 is 10.2 Å². The second kappa shape index (κ2) is 3.16. The van der Waals surface area contributed by atoms with Gasteiger partial charge in [0.1, 0.15) is 15.4 Å². The summed E-state index contributed by atoms with van der Waals surface area (Å²) in [6.07, 6.45) is 1.20. The van der Waals surface area contributed by atoms with Crippen LogP contribution in [0.25, 0.3) is 0 Å².